The lowest BCUT2D eigenvalue weighted by atomic mass is 9.79. The minimum absolute atomic E-state index is 0.131. The number of anilines is 1. The molecule has 0 saturated heterocycles. The molecule has 1 N–H and O–H groups in total. The first-order valence-corrected chi connectivity index (χ1v) is 12.8. The number of rotatable bonds is 5. The SMILES string of the molecule is CCOC(=O)c1ccc(F)cc1-c1ccc2c(c1)C1(CCCC1)CN2C(=O)NCc1ccc(S)cc1. The van der Waals surface area contributed by atoms with Gasteiger partial charge in [-0.1, -0.05) is 31.0 Å². The Kier molecular flexibility index (Phi) is 6.75. The molecule has 1 fully saturated rings. The van der Waals surface area contributed by atoms with Gasteiger partial charge in [0, 0.05) is 29.1 Å². The van der Waals surface area contributed by atoms with Crippen LogP contribution in [0.4, 0.5) is 14.9 Å². The van der Waals surface area contributed by atoms with Crippen LogP contribution in [0.3, 0.4) is 0 Å². The molecular formula is C29H29FN2O3S. The first-order chi connectivity index (χ1) is 17.4. The van der Waals surface area contributed by atoms with Crippen LogP contribution in [0.2, 0.25) is 0 Å². The van der Waals surface area contributed by atoms with Crippen LogP contribution in [0.15, 0.2) is 65.6 Å². The summed E-state index contributed by atoms with van der Waals surface area (Å²) in [5, 5.41) is 3.05. The van der Waals surface area contributed by atoms with Gasteiger partial charge in [-0.15, -0.1) is 12.6 Å². The molecule has 0 radical (unpaired) electrons. The highest BCUT2D eigenvalue weighted by atomic mass is 32.1. The highest BCUT2D eigenvalue weighted by molar-refractivity contribution is 7.80. The van der Waals surface area contributed by atoms with E-state index in [-0.39, 0.29) is 18.1 Å². The zero-order valence-electron chi connectivity index (χ0n) is 20.2. The lowest BCUT2D eigenvalue weighted by molar-refractivity contribution is 0.0527. The van der Waals surface area contributed by atoms with Crippen LogP contribution in [0.1, 0.15) is 54.1 Å². The summed E-state index contributed by atoms with van der Waals surface area (Å²) in [4.78, 5) is 28.6. The van der Waals surface area contributed by atoms with Gasteiger partial charge >= 0.3 is 12.0 Å². The fraction of sp³-hybridized carbons (Fsp3) is 0.310. The van der Waals surface area contributed by atoms with Crippen molar-refractivity contribution in [1.29, 1.82) is 0 Å². The second kappa shape index (κ2) is 9.97. The van der Waals surface area contributed by atoms with E-state index in [1.807, 2.05) is 47.4 Å². The molecule has 5 nitrogen and oxygen atoms in total. The Morgan fingerprint density at radius 1 is 1.06 bits per heavy atom. The molecule has 0 aromatic heterocycles. The number of esters is 1. The summed E-state index contributed by atoms with van der Waals surface area (Å²) in [5.74, 6) is -0.892. The number of thiol groups is 1. The fourth-order valence-electron chi connectivity index (χ4n) is 5.53. The van der Waals surface area contributed by atoms with Crippen LogP contribution in [0, 0.1) is 5.82 Å². The summed E-state index contributed by atoms with van der Waals surface area (Å²) in [7, 11) is 0. The number of nitrogens with one attached hydrogen (secondary N) is 1. The van der Waals surface area contributed by atoms with Crippen LogP contribution in [-0.4, -0.2) is 25.2 Å². The van der Waals surface area contributed by atoms with Gasteiger partial charge in [0.05, 0.1) is 12.2 Å². The van der Waals surface area contributed by atoms with Crippen molar-refractivity contribution < 1.29 is 18.7 Å². The van der Waals surface area contributed by atoms with Crippen LogP contribution in [-0.2, 0) is 16.7 Å². The summed E-state index contributed by atoms with van der Waals surface area (Å²) < 4.78 is 19.5. The van der Waals surface area contributed by atoms with Crippen LogP contribution in [0.25, 0.3) is 11.1 Å². The maximum absolute atomic E-state index is 14.2. The summed E-state index contributed by atoms with van der Waals surface area (Å²) in [6.45, 7) is 3.03. The average Bonchev–Trinajstić information content (AvgIpc) is 3.48. The predicted octanol–water partition coefficient (Wildman–Crippen LogP) is 6.50. The van der Waals surface area contributed by atoms with E-state index in [0.29, 0.717) is 24.2 Å². The Hall–Kier alpha value is -3.32. The number of amides is 2. The Labute approximate surface area is 216 Å². The van der Waals surface area contributed by atoms with Gasteiger partial charge in [-0.2, -0.15) is 0 Å². The largest absolute Gasteiger partial charge is 0.462 e. The highest BCUT2D eigenvalue weighted by Crippen LogP contribution is 2.51. The molecular weight excluding hydrogens is 475 g/mol. The Morgan fingerprint density at radius 2 is 1.81 bits per heavy atom. The van der Waals surface area contributed by atoms with Gasteiger partial charge in [0.2, 0.25) is 0 Å². The number of benzene rings is 3. The molecule has 1 aliphatic carbocycles. The molecule has 3 aromatic rings. The molecule has 186 valence electrons. The number of hydrogen-bond donors (Lipinski definition) is 2. The van der Waals surface area contributed by atoms with E-state index in [1.165, 1.54) is 18.2 Å². The number of ether oxygens (including phenoxy) is 1. The summed E-state index contributed by atoms with van der Waals surface area (Å²) in [6.07, 6.45) is 4.18. The topological polar surface area (TPSA) is 58.6 Å². The highest BCUT2D eigenvalue weighted by Gasteiger charge is 2.46. The number of fused-ring (bicyclic) bond motifs is 2. The zero-order chi connectivity index (χ0) is 25.3. The Morgan fingerprint density at radius 3 is 2.53 bits per heavy atom. The normalized spacial score (nSPS) is 15.7. The van der Waals surface area contributed by atoms with Gasteiger partial charge < -0.3 is 10.1 Å². The number of hydrogen-bond acceptors (Lipinski definition) is 4. The Balaban J connectivity index is 1.48. The lowest BCUT2D eigenvalue weighted by Crippen LogP contribution is -2.41. The summed E-state index contributed by atoms with van der Waals surface area (Å²) in [6, 6.07) is 17.5. The second-order valence-corrected chi connectivity index (χ2v) is 10.1. The summed E-state index contributed by atoms with van der Waals surface area (Å²) >= 11 is 4.32. The maximum atomic E-state index is 14.2. The molecule has 2 aliphatic rings. The zero-order valence-corrected chi connectivity index (χ0v) is 21.1. The van der Waals surface area contributed by atoms with Crippen LogP contribution in [0.5, 0.6) is 0 Å². The van der Waals surface area contributed by atoms with E-state index in [9.17, 15) is 14.0 Å². The van der Waals surface area contributed by atoms with Gasteiger partial charge in [-0.25, -0.2) is 14.0 Å². The van der Waals surface area contributed by atoms with Crippen LogP contribution >= 0.6 is 12.6 Å². The van der Waals surface area contributed by atoms with Gasteiger partial charge in [-0.05, 0) is 84.5 Å². The predicted molar refractivity (Wildman–Crippen MR) is 141 cm³/mol. The van der Waals surface area contributed by atoms with E-state index in [4.69, 9.17) is 4.74 Å². The fourth-order valence-corrected chi connectivity index (χ4v) is 5.68. The number of urea groups is 1. The maximum Gasteiger partial charge on any atom is 0.338 e. The van der Waals surface area contributed by atoms with E-state index in [0.717, 1.165) is 53.0 Å². The molecule has 2 amide bonds. The molecule has 1 spiro atoms. The monoisotopic (exact) mass is 504 g/mol. The second-order valence-electron chi connectivity index (χ2n) is 9.54. The van der Waals surface area contributed by atoms with Gasteiger partial charge in [0.25, 0.3) is 0 Å². The van der Waals surface area contributed by atoms with E-state index < -0.39 is 11.8 Å². The number of nitrogens with zero attached hydrogens (tertiary/aromatic N) is 1. The van der Waals surface area contributed by atoms with Gasteiger partial charge in [-0.3, -0.25) is 4.90 Å². The number of carbonyl (C=O) groups is 2. The molecule has 5 rings (SSSR count). The number of carbonyl (C=O) groups excluding carboxylic acids is 2. The van der Waals surface area contributed by atoms with Crippen molar-refractivity contribution in [3.05, 3.63) is 83.2 Å². The van der Waals surface area contributed by atoms with Gasteiger partial charge in [0.15, 0.2) is 0 Å². The molecule has 0 unspecified atom stereocenters. The number of halogens is 1. The van der Waals surface area contributed by atoms with Crippen molar-refractivity contribution in [2.45, 2.75) is 49.5 Å². The minimum Gasteiger partial charge on any atom is -0.462 e. The van der Waals surface area contributed by atoms with E-state index >= 15 is 0 Å². The molecule has 0 bridgehead atoms. The van der Waals surface area contributed by atoms with Crippen LogP contribution < -0.4 is 10.2 Å². The van der Waals surface area contributed by atoms with Crippen molar-refractivity contribution in [1.82, 2.24) is 5.32 Å². The molecule has 3 aromatic carbocycles. The molecule has 36 heavy (non-hydrogen) atoms. The smallest absolute Gasteiger partial charge is 0.338 e. The minimum atomic E-state index is -0.476. The standard InChI is InChI=1S/C29H29FN2O3S/c1-2-35-27(33)23-11-8-21(30)16-24(23)20-7-12-26-25(15-20)29(13-3-4-14-29)18-32(26)28(34)31-17-19-5-9-22(36)10-6-19/h5-12,15-16,36H,2-4,13-14,17-18H2,1H3,(H,31,34). The third kappa shape index (κ3) is 4.60. The first-order valence-electron chi connectivity index (χ1n) is 12.3. The summed E-state index contributed by atoms with van der Waals surface area (Å²) in [5.41, 5.74) is 4.41. The first kappa shape index (κ1) is 24.4. The molecule has 1 heterocycles. The molecule has 7 heteroatoms. The van der Waals surface area contributed by atoms with Gasteiger partial charge in [0.1, 0.15) is 5.82 Å². The third-order valence-corrected chi connectivity index (χ3v) is 7.59. The molecule has 1 saturated carbocycles. The van der Waals surface area contributed by atoms with Crippen molar-refractivity contribution in [2.75, 3.05) is 18.1 Å². The van der Waals surface area contributed by atoms with Crippen molar-refractivity contribution >= 4 is 30.3 Å². The third-order valence-electron chi connectivity index (χ3n) is 7.29. The van der Waals surface area contributed by atoms with Crippen molar-refractivity contribution in [3.63, 3.8) is 0 Å². The quantitative estimate of drug-likeness (QED) is 0.308. The van der Waals surface area contributed by atoms with E-state index in [1.54, 1.807) is 6.92 Å². The van der Waals surface area contributed by atoms with Crippen molar-refractivity contribution in [3.8, 4) is 11.1 Å². The van der Waals surface area contributed by atoms with Crippen molar-refractivity contribution in [2.24, 2.45) is 0 Å². The molecule has 0 atom stereocenters. The average molecular weight is 505 g/mol. The molecule has 1 aliphatic heterocycles. The lowest BCUT2D eigenvalue weighted by Gasteiger charge is -2.25. The van der Waals surface area contributed by atoms with E-state index in [2.05, 4.69) is 17.9 Å². The Bertz CT molecular complexity index is 1300.